The van der Waals surface area contributed by atoms with Gasteiger partial charge >= 0.3 is 12.3 Å². The largest absolute Gasteiger partial charge is 0.490 e. The molecule has 0 unspecified atom stereocenters. The van der Waals surface area contributed by atoms with Gasteiger partial charge in [0.15, 0.2) is 0 Å². The zero-order valence-electron chi connectivity index (χ0n) is 22.3. The average molecular weight is 564 g/mol. The molecule has 0 spiro atoms. The number of amides is 1. The highest BCUT2D eigenvalue weighted by molar-refractivity contribution is 5.70. The monoisotopic (exact) mass is 563 g/mol. The number of halogens is 3. The van der Waals surface area contributed by atoms with Gasteiger partial charge < -0.3 is 19.1 Å². The number of aromatic nitrogens is 2. The minimum absolute atomic E-state index is 0.0253. The van der Waals surface area contributed by atoms with Gasteiger partial charge in [0.2, 0.25) is 5.88 Å². The number of nitrogens with zero attached hydrogens (tertiary/aromatic N) is 3. The molecule has 41 heavy (non-hydrogen) atoms. The quantitative estimate of drug-likeness (QED) is 0.236. The fourth-order valence-electron chi connectivity index (χ4n) is 4.32. The second-order valence-corrected chi connectivity index (χ2v) is 9.78. The summed E-state index contributed by atoms with van der Waals surface area (Å²) in [6, 6.07) is 20.3. The Morgan fingerprint density at radius 1 is 0.854 bits per heavy atom. The Kier molecular flexibility index (Phi) is 8.37. The predicted molar refractivity (Wildman–Crippen MR) is 145 cm³/mol. The minimum atomic E-state index is -4.41. The van der Waals surface area contributed by atoms with Crippen LogP contribution in [0.25, 0.3) is 0 Å². The van der Waals surface area contributed by atoms with Crippen molar-refractivity contribution in [1.29, 1.82) is 0 Å². The Hall–Kier alpha value is -4.60. The van der Waals surface area contributed by atoms with Crippen molar-refractivity contribution in [3.8, 4) is 23.1 Å². The van der Waals surface area contributed by atoms with E-state index in [1.165, 1.54) is 6.07 Å². The van der Waals surface area contributed by atoms with Gasteiger partial charge in [-0.25, -0.2) is 9.78 Å². The molecule has 0 N–H and O–H groups in total. The number of hydrogen-bond donors (Lipinski definition) is 0. The zero-order valence-corrected chi connectivity index (χ0v) is 22.3. The number of carbonyl (C=O) groups is 1. The number of carbonyl (C=O) groups excluding carboxylic acids is 1. The molecule has 10 heteroatoms. The van der Waals surface area contributed by atoms with E-state index in [0.717, 1.165) is 29.1 Å². The van der Waals surface area contributed by atoms with E-state index in [9.17, 15) is 18.0 Å². The fraction of sp³-hybridized carbons (Fsp3) is 0.258. The number of alkyl halides is 3. The first kappa shape index (κ1) is 27.9. The van der Waals surface area contributed by atoms with Crippen LogP contribution in [0.3, 0.4) is 0 Å². The van der Waals surface area contributed by atoms with Gasteiger partial charge in [-0.05, 0) is 66.6 Å². The molecule has 2 aromatic carbocycles. The number of hydrogen-bond acceptors (Lipinski definition) is 6. The Labute approximate surface area is 235 Å². The third kappa shape index (κ3) is 7.75. The molecule has 1 amide bonds. The van der Waals surface area contributed by atoms with Crippen LogP contribution in [0, 0.1) is 6.92 Å². The molecule has 1 aliphatic rings. The molecule has 7 nitrogen and oxygen atoms in total. The standard InChI is InChI=1S/C31H28F3N3O4/c1-21-2-13-29(36-19-21)40-26-11-9-25(10-12-26)39-28-14-16-37(17-15-28)30(38)41-27-7-3-22(4-8-27)18-24-6-5-23(20-35-24)31(32,33)34/h2-13,19-20,28H,14-18H2,1H3. The lowest BCUT2D eigenvalue weighted by Crippen LogP contribution is -2.43. The molecule has 0 bridgehead atoms. The first-order chi connectivity index (χ1) is 19.7. The summed E-state index contributed by atoms with van der Waals surface area (Å²) in [4.78, 5) is 22.4. The number of ether oxygens (including phenoxy) is 3. The van der Waals surface area contributed by atoms with Crippen LogP contribution in [0.15, 0.2) is 85.2 Å². The van der Waals surface area contributed by atoms with E-state index in [0.29, 0.717) is 55.4 Å². The lowest BCUT2D eigenvalue weighted by Gasteiger charge is -2.31. The number of likely N-dealkylation sites (tertiary alicyclic amines) is 1. The van der Waals surface area contributed by atoms with Crippen molar-refractivity contribution in [3.05, 3.63) is 108 Å². The third-order valence-electron chi connectivity index (χ3n) is 6.60. The SMILES string of the molecule is Cc1ccc(Oc2ccc(OC3CCN(C(=O)Oc4ccc(Cc5ccc(C(F)(F)F)cn5)cc4)CC3)cc2)nc1. The van der Waals surface area contributed by atoms with Gasteiger partial charge in [-0.2, -0.15) is 13.2 Å². The molecule has 0 saturated carbocycles. The molecular formula is C31H28F3N3O4. The maximum absolute atomic E-state index is 12.7. The van der Waals surface area contributed by atoms with Gasteiger partial charge in [-0.1, -0.05) is 18.2 Å². The average Bonchev–Trinajstić information content (AvgIpc) is 2.96. The number of piperidine rings is 1. The zero-order chi connectivity index (χ0) is 28.8. The summed E-state index contributed by atoms with van der Waals surface area (Å²) in [6.45, 7) is 2.97. The Bertz CT molecular complexity index is 1430. The van der Waals surface area contributed by atoms with Gasteiger partial charge in [0, 0.05) is 56.5 Å². The van der Waals surface area contributed by atoms with Crippen molar-refractivity contribution >= 4 is 6.09 Å². The molecule has 1 fully saturated rings. The van der Waals surface area contributed by atoms with E-state index in [1.807, 2.05) is 43.3 Å². The second kappa shape index (κ2) is 12.3. The van der Waals surface area contributed by atoms with Gasteiger partial charge in [-0.3, -0.25) is 4.98 Å². The molecule has 212 valence electrons. The smallest absolute Gasteiger partial charge is 0.417 e. The molecule has 4 aromatic rings. The van der Waals surface area contributed by atoms with E-state index in [1.54, 1.807) is 35.4 Å². The van der Waals surface area contributed by atoms with Gasteiger partial charge in [0.25, 0.3) is 0 Å². The van der Waals surface area contributed by atoms with Gasteiger partial charge in [0.1, 0.15) is 23.4 Å². The van der Waals surface area contributed by atoms with Crippen molar-refractivity contribution in [2.24, 2.45) is 0 Å². The number of rotatable bonds is 7. The highest BCUT2D eigenvalue weighted by atomic mass is 19.4. The molecule has 0 aliphatic carbocycles. The maximum atomic E-state index is 12.7. The maximum Gasteiger partial charge on any atom is 0.417 e. The lowest BCUT2D eigenvalue weighted by atomic mass is 10.1. The predicted octanol–water partition coefficient (Wildman–Crippen LogP) is 7.23. The normalized spacial score (nSPS) is 14.0. The lowest BCUT2D eigenvalue weighted by molar-refractivity contribution is -0.137. The molecular weight excluding hydrogens is 535 g/mol. The molecule has 5 rings (SSSR count). The number of benzene rings is 2. The van der Waals surface area contributed by atoms with E-state index >= 15 is 0 Å². The van der Waals surface area contributed by atoms with Crippen LogP contribution in [-0.2, 0) is 12.6 Å². The fourth-order valence-corrected chi connectivity index (χ4v) is 4.32. The molecule has 2 aromatic heterocycles. The van der Waals surface area contributed by atoms with E-state index in [-0.39, 0.29) is 6.10 Å². The summed E-state index contributed by atoms with van der Waals surface area (Å²) < 4.78 is 55.5. The molecule has 0 atom stereocenters. The number of aryl methyl sites for hydroxylation is 1. The van der Waals surface area contributed by atoms with Gasteiger partial charge in [-0.15, -0.1) is 0 Å². The second-order valence-electron chi connectivity index (χ2n) is 9.78. The van der Waals surface area contributed by atoms with Crippen molar-refractivity contribution in [1.82, 2.24) is 14.9 Å². The molecule has 1 aliphatic heterocycles. The first-order valence-corrected chi connectivity index (χ1v) is 13.2. The summed E-state index contributed by atoms with van der Waals surface area (Å²) in [5, 5.41) is 0. The van der Waals surface area contributed by atoms with Crippen LogP contribution in [-0.4, -0.2) is 40.2 Å². The van der Waals surface area contributed by atoms with E-state index < -0.39 is 17.8 Å². The Balaban J connectivity index is 1.05. The highest BCUT2D eigenvalue weighted by Gasteiger charge is 2.30. The molecule has 1 saturated heterocycles. The number of pyridine rings is 2. The summed E-state index contributed by atoms with van der Waals surface area (Å²) in [5.41, 5.74) is 1.62. The van der Waals surface area contributed by atoms with E-state index in [2.05, 4.69) is 9.97 Å². The van der Waals surface area contributed by atoms with Crippen LogP contribution in [0.2, 0.25) is 0 Å². The van der Waals surface area contributed by atoms with Crippen LogP contribution < -0.4 is 14.2 Å². The third-order valence-corrected chi connectivity index (χ3v) is 6.60. The Morgan fingerprint density at radius 2 is 1.54 bits per heavy atom. The van der Waals surface area contributed by atoms with Crippen LogP contribution in [0.1, 0.15) is 35.2 Å². The minimum Gasteiger partial charge on any atom is -0.490 e. The van der Waals surface area contributed by atoms with Crippen molar-refractivity contribution < 1.29 is 32.2 Å². The van der Waals surface area contributed by atoms with E-state index in [4.69, 9.17) is 14.2 Å². The van der Waals surface area contributed by atoms with Crippen LogP contribution in [0.4, 0.5) is 18.0 Å². The van der Waals surface area contributed by atoms with Crippen LogP contribution >= 0.6 is 0 Å². The van der Waals surface area contributed by atoms with Crippen LogP contribution in [0.5, 0.6) is 23.1 Å². The van der Waals surface area contributed by atoms with Crippen molar-refractivity contribution in [2.75, 3.05) is 13.1 Å². The first-order valence-electron chi connectivity index (χ1n) is 13.2. The molecule has 3 heterocycles. The summed E-state index contributed by atoms with van der Waals surface area (Å²) in [6.07, 6.45) is -0.607. The van der Waals surface area contributed by atoms with Crippen molar-refractivity contribution in [3.63, 3.8) is 0 Å². The topological polar surface area (TPSA) is 73.8 Å². The summed E-state index contributed by atoms with van der Waals surface area (Å²) in [7, 11) is 0. The van der Waals surface area contributed by atoms with Gasteiger partial charge in [0.05, 0.1) is 5.56 Å². The summed E-state index contributed by atoms with van der Waals surface area (Å²) >= 11 is 0. The Morgan fingerprint density at radius 3 is 2.15 bits per heavy atom. The molecule has 0 radical (unpaired) electrons. The summed E-state index contributed by atoms with van der Waals surface area (Å²) in [5.74, 6) is 2.30. The van der Waals surface area contributed by atoms with Crippen molar-refractivity contribution in [2.45, 2.75) is 38.5 Å². The highest BCUT2D eigenvalue weighted by Crippen LogP contribution is 2.29.